The Morgan fingerprint density at radius 1 is 1.40 bits per heavy atom. The van der Waals surface area contributed by atoms with Crippen molar-refractivity contribution >= 4 is 15.9 Å². The van der Waals surface area contributed by atoms with E-state index in [9.17, 15) is 9.50 Å². The summed E-state index contributed by atoms with van der Waals surface area (Å²) < 4.78 is 13.8. The van der Waals surface area contributed by atoms with Gasteiger partial charge >= 0.3 is 0 Å². The molecule has 0 spiro atoms. The number of benzene rings is 1. The highest BCUT2D eigenvalue weighted by Crippen LogP contribution is 2.31. The van der Waals surface area contributed by atoms with Crippen LogP contribution < -0.4 is 0 Å². The first-order valence-electron chi connectivity index (χ1n) is 5.29. The Labute approximate surface area is 97.4 Å². The smallest absolute Gasteiger partial charge is 0.137 e. The van der Waals surface area contributed by atoms with Gasteiger partial charge in [-0.15, -0.1) is 0 Å². The highest BCUT2D eigenvalue weighted by Gasteiger charge is 2.25. The van der Waals surface area contributed by atoms with E-state index in [1.165, 1.54) is 6.07 Å². The van der Waals surface area contributed by atoms with E-state index in [4.69, 9.17) is 0 Å². The summed E-state index contributed by atoms with van der Waals surface area (Å²) >= 11 is 3.25. The van der Waals surface area contributed by atoms with Crippen LogP contribution >= 0.6 is 15.9 Å². The molecular weight excluding hydrogens is 259 g/mol. The van der Waals surface area contributed by atoms with E-state index in [-0.39, 0.29) is 11.9 Å². The van der Waals surface area contributed by atoms with Gasteiger partial charge in [0.25, 0.3) is 0 Å². The number of aliphatic hydroxyl groups is 1. The SMILES string of the molecule is OC1CCCC1Cc1cccc(F)c1Br. The molecule has 82 valence electrons. The van der Waals surface area contributed by atoms with Gasteiger partial charge < -0.3 is 5.11 Å². The van der Waals surface area contributed by atoms with Gasteiger partial charge in [0.1, 0.15) is 5.82 Å². The Morgan fingerprint density at radius 2 is 2.20 bits per heavy atom. The van der Waals surface area contributed by atoms with Crippen LogP contribution in [-0.2, 0) is 6.42 Å². The molecule has 1 aliphatic carbocycles. The molecule has 0 aliphatic heterocycles. The van der Waals surface area contributed by atoms with E-state index in [0.29, 0.717) is 10.4 Å². The van der Waals surface area contributed by atoms with Crippen molar-refractivity contribution in [2.75, 3.05) is 0 Å². The standard InChI is InChI=1S/C12H14BrFO/c13-12-9(4-1-5-10(12)14)7-8-3-2-6-11(8)15/h1,4-5,8,11,15H,2-3,6-7H2. The molecule has 2 rings (SSSR count). The zero-order valence-corrected chi connectivity index (χ0v) is 10.0. The summed E-state index contributed by atoms with van der Waals surface area (Å²) in [6.45, 7) is 0. The number of hydrogen-bond donors (Lipinski definition) is 1. The largest absolute Gasteiger partial charge is 0.393 e. The highest BCUT2D eigenvalue weighted by molar-refractivity contribution is 9.10. The van der Waals surface area contributed by atoms with Crippen LogP contribution in [0, 0.1) is 11.7 Å². The fourth-order valence-corrected chi connectivity index (χ4v) is 2.67. The van der Waals surface area contributed by atoms with Crippen molar-refractivity contribution < 1.29 is 9.50 Å². The van der Waals surface area contributed by atoms with Gasteiger partial charge in [-0.25, -0.2) is 4.39 Å². The van der Waals surface area contributed by atoms with Crippen molar-refractivity contribution in [2.24, 2.45) is 5.92 Å². The van der Waals surface area contributed by atoms with Crippen molar-refractivity contribution in [1.82, 2.24) is 0 Å². The number of rotatable bonds is 2. The van der Waals surface area contributed by atoms with E-state index in [1.807, 2.05) is 6.07 Å². The first kappa shape index (κ1) is 11.1. The van der Waals surface area contributed by atoms with Crippen LogP contribution in [0.4, 0.5) is 4.39 Å². The second-order valence-corrected chi connectivity index (χ2v) is 4.97. The summed E-state index contributed by atoms with van der Waals surface area (Å²) in [6, 6.07) is 5.08. The normalized spacial score (nSPS) is 25.8. The van der Waals surface area contributed by atoms with Crippen LogP contribution in [0.1, 0.15) is 24.8 Å². The maximum atomic E-state index is 13.2. The Bertz CT molecular complexity index is 353. The first-order chi connectivity index (χ1) is 7.18. The Hall–Kier alpha value is -0.410. The average Bonchev–Trinajstić information content (AvgIpc) is 2.60. The van der Waals surface area contributed by atoms with Crippen molar-refractivity contribution in [3.8, 4) is 0 Å². The summed E-state index contributed by atoms with van der Waals surface area (Å²) in [4.78, 5) is 0. The van der Waals surface area contributed by atoms with Crippen molar-refractivity contribution in [3.63, 3.8) is 0 Å². The number of halogens is 2. The Kier molecular flexibility index (Phi) is 3.42. The summed E-state index contributed by atoms with van der Waals surface area (Å²) in [5.74, 6) is 0.0723. The summed E-state index contributed by atoms with van der Waals surface area (Å²) in [6.07, 6.45) is 3.57. The highest BCUT2D eigenvalue weighted by atomic mass is 79.9. The van der Waals surface area contributed by atoms with Gasteiger partial charge in [0.05, 0.1) is 10.6 Å². The molecule has 0 saturated heterocycles. The monoisotopic (exact) mass is 272 g/mol. The fraction of sp³-hybridized carbons (Fsp3) is 0.500. The second kappa shape index (κ2) is 4.62. The van der Waals surface area contributed by atoms with Gasteiger partial charge in [0, 0.05) is 0 Å². The van der Waals surface area contributed by atoms with E-state index in [2.05, 4.69) is 15.9 Å². The minimum atomic E-state index is -0.222. The quantitative estimate of drug-likeness (QED) is 0.876. The van der Waals surface area contributed by atoms with Crippen molar-refractivity contribution in [1.29, 1.82) is 0 Å². The lowest BCUT2D eigenvalue weighted by Gasteiger charge is -2.15. The molecule has 1 N–H and O–H groups in total. The van der Waals surface area contributed by atoms with Gasteiger partial charge in [-0.1, -0.05) is 18.6 Å². The molecule has 1 saturated carbocycles. The summed E-state index contributed by atoms with van der Waals surface area (Å²) in [5, 5.41) is 9.70. The Balaban J connectivity index is 2.13. The van der Waals surface area contributed by atoms with Crippen LogP contribution in [0.15, 0.2) is 22.7 Å². The molecule has 2 unspecified atom stereocenters. The van der Waals surface area contributed by atoms with Crippen LogP contribution in [0.5, 0.6) is 0 Å². The molecule has 0 aromatic heterocycles. The van der Waals surface area contributed by atoms with Crippen LogP contribution in [0.3, 0.4) is 0 Å². The number of hydrogen-bond acceptors (Lipinski definition) is 1. The van der Waals surface area contributed by atoms with E-state index < -0.39 is 0 Å². The van der Waals surface area contributed by atoms with Gasteiger partial charge in [-0.05, 0) is 52.7 Å². The van der Waals surface area contributed by atoms with Crippen LogP contribution in [0.2, 0.25) is 0 Å². The lowest BCUT2D eigenvalue weighted by molar-refractivity contribution is 0.132. The lowest BCUT2D eigenvalue weighted by atomic mass is 9.96. The molecule has 1 aliphatic rings. The van der Waals surface area contributed by atoms with Gasteiger partial charge in [-0.2, -0.15) is 0 Å². The molecule has 0 amide bonds. The molecule has 0 bridgehead atoms. The molecule has 3 heteroatoms. The van der Waals surface area contributed by atoms with Crippen molar-refractivity contribution in [3.05, 3.63) is 34.1 Å². The van der Waals surface area contributed by atoms with E-state index in [1.54, 1.807) is 6.07 Å². The minimum Gasteiger partial charge on any atom is -0.393 e. The first-order valence-corrected chi connectivity index (χ1v) is 6.08. The molecule has 1 nitrogen and oxygen atoms in total. The molecule has 1 aromatic carbocycles. The zero-order valence-electron chi connectivity index (χ0n) is 8.42. The van der Waals surface area contributed by atoms with Crippen LogP contribution in [-0.4, -0.2) is 11.2 Å². The van der Waals surface area contributed by atoms with E-state index in [0.717, 1.165) is 31.2 Å². The predicted octanol–water partition coefficient (Wildman–Crippen LogP) is 3.29. The molecule has 2 atom stereocenters. The summed E-state index contributed by atoms with van der Waals surface area (Å²) in [7, 11) is 0. The lowest BCUT2D eigenvalue weighted by Crippen LogP contribution is -2.15. The molecular formula is C12H14BrFO. The third kappa shape index (κ3) is 2.40. The molecule has 1 fully saturated rings. The fourth-order valence-electron chi connectivity index (χ4n) is 2.24. The predicted molar refractivity (Wildman–Crippen MR) is 61.2 cm³/mol. The van der Waals surface area contributed by atoms with E-state index >= 15 is 0 Å². The van der Waals surface area contributed by atoms with Crippen LogP contribution in [0.25, 0.3) is 0 Å². The number of aliphatic hydroxyl groups excluding tert-OH is 1. The zero-order chi connectivity index (χ0) is 10.8. The average molecular weight is 273 g/mol. The van der Waals surface area contributed by atoms with Gasteiger partial charge in [-0.3, -0.25) is 0 Å². The van der Waals surface area contributed by atoms with Gasteiger partial charge in [0.2, 0.25) is 0 Å². The maximum absolute atomic E-state index is 13.2. The van der Waals surface area contributed by atoms with Gasteiger partial charge in [0.15, 0.2) is 0 Å². The Morgan fingerprint density at radius 3 is 2.87 bits per heavy atom. The summed E-state index contributed by atoms with van der Waals surface area (Å²) in [5.41, 5.74) is 0.959. The molecule has 1 aromatic rings. The topological polar surface area (TPSA) is 20.2 Å². The third-order valence-corrected chi connectivity index (χ3v) is 4.02. The maximum Gasteiger partial charge on any atom is 0.137 e. The molecule has 15 heavy (non-hydrogen) atoms. The minimum absolute atomic E-state index is 0.208. The molecule has 0 radical (unpaired) electrons. The van der Waals surface area contributed by atoms with Crippen molar-refractivity contribution in [2.45, 2.75) is 31.8 Å². The third-order valence-electron chi connectivity index (χ3n) is 3.13. The second-order valence-electron chi connectivity index (χ2n) is 4.18. The molecule has 0 heterocycles.